The highest BCUT2D eigenvalue weighted by molar-refractivity contribution is 5.76. The number of hydrogen-bond acceptors (Lipinski definition) is 2. The molecule has 3 nitrogen and oxygen atoms in total. The third kappa shape index (κ3) is 5.46. The van der Waals surface area contributed by atoms with E-state index in [1.54, 1.807) is 0 Å². The van der Waals surface area contributed by atoms with E-state index < -0.39 is 30.6 Å². The van der Waals surface area contributed by atoms with Gasteiger partial charge in [-0.3, -0.25) is 0 Å². The summed E-state index contributed by atoms with van der Waals surface area (Å²) in [6, 6.07) is 0. The van der Waals surface area contributed by atoms with Crippen LogP contribution in [0.25, 0.3) is 0 Å². The lowest BCUT2D eigenvalue weighted by atomic mass is 9.99. The van der Waals surface area contributed by atoms with Crippen molar-refractivity contribution < 1.29 is 28.2 Å². The number of aliphatic hydroxyl groups is 1. The maximum Gasteiger partial charge on any atom is 0.389 e. The van der Waals surface area contributed by atoms with Gasteiger partial charge in [0, 0.05) is 6.42 Å². The molecule has 0 bridgehead atoms. The van der Waals surface area contributed by atoms with E-state index in [4.69, 9.17) is 10.2 Å². The summed E-state index contributed by atoms with van der Waals surface area (Å²) in [5.41, 5.74) is -2.06. The van der Waals surface area contributed by atoms with E-state index in [0.29, 0.717) is 0 Å². The number of alkyl halides is 3. The highest BCUT2D eigenvalue weighted by Gasteiger charge is 2.32. The topological polar surface area (TPSA) is 57.5 Å². The summed E-state index contributed by atoms with van der Waals surface area (Å²) in [5, 5.41) is 17.4. The zero-order valence-electron chi connectivity index (χ0n) is 7.06. The van der Waals surface area contributed by atoms with Crippen molar-refractivity contribution in [2.75, 3.05) is 0 Å². The minimum absolute atomic E-state index is 0.386. The van der Waals surface area contributed by atoms with Crippen molar-refractivity contribution in [2.45, 2.75) is 38.0 Å². The summed E-state index contributed by atoms with van der Waals surface area (Å²) in [5.74, 6) is -1.50. The summed E-state index contributed by atoms with van der Waals surface area (Å²) in [6.07, 6.45) is -6.16. The van der Waals surface area contributed by atoms with Gasteiger partial charge in [-0.15, -0.1) is 0 Å². The predicted octanol–water partition coefficient (Wildman–Crippen LogP) is 1.55. The molecule has 0 aliphatic heterocycles. The van der Waals surface area contributed by atoms with Crippen LogP contribution in [0.2, 0.25) is 0 Å². The van der Waals surface area contributed by atoms with Crippen LogP contribution >= 0.6 is 0 Å². The van der Waals surface area contributed by atoms with E-state index in [9.17, 15) is 18.0 Å². The molecule has 1 atom stereocenters. The van der Waals surface area contributed by atoms with Crippen LogP contribution < -0.4 is 0 Å². The molecule has 6 heteroatoms. The number of carboxylic acids is 1. The maximum absolute atomic E-state index is 11.6. The fraction of sp³-hybridized carbons (Fsp3) is 0.857. The molecule has 0 aromatic carbocycles. The Kier molecular flexibility index (Phi) is 3.71. The zero-order chi connectivity index (χ0) is 10.7. The SMILES string of the molecule is CC(O)(CCCC(F)(F)F)C(=O)O. The first kappa shape index (κ1) is 12.2. The molecule has 0 heterocycles. The van der Waals surface area contributed by atoms with Crippen LogP contribution in [0.1, 0.15) is 26.2 Å². The third-order valence-corrected chi connectivity index (χ3v) is 1.58. The molecule has 0 saturated carbocycles. The van der Waals surface area contributed by atoms with Crippen LogP contribution in [-0.4, -0.2) is 28.0 Å². The Morgan fingerprint density at radius 1 is 1.31 bits per heavy atom. The minimum Gasteiger partial charge on any atom is -0.479 e. The van der Waals surface area contributed by atoms with E-state index in [1.165, 1.54) is 0 Å². The van der Waals surface area contributed by atoms with Gasteiger partial charge in [0.1, 0.15) is 0 Å². The first-order chi connectivity index (χ1) is 5.65. The summed E-state index contributed by atoms with van der Waals surface area (Å²) < 4.78 is 34.8. The molecule has 0 rings (SSSR count). The van der Waals surface area contributed by atoms with Crippen LogP contribution in [0.15, 0.2) is 0 Å². The molecule has 0 aliphatic rings. The lowest BCUT2D eigenvalue weighted by molar-refractivity contribution is -0.160. The average molecular weight is 200 g/mol. The van der Waals surface area contributed by atoms with Crippen LogP contribution in [0.3, 0.4) is 0 Å². The van der Waals surface area contributed by atoms with Crippen molar-refractivity contribution in [1.29, 1.82) is 0 Å². The van der Waals surface area contributed by atoms with Crippen LogP contribution in [-0.2, 0) is 4.79 Å². The normalized spacial score (nSPS) is 16.7. The van der Waals surface area contributed by atoms with Gasteiger partial charge in [-0.25, -0.2) is 4.79 Å². The first-order valence-corrected chi connectivity index (χ1v) is 3.68. The molecular weight excluding hydrogens is 189 g/mol. The van der Waals surface area contributed by atoms with Gasteiger partial charge in [0.05, 0.1) is 0 Å². The maximum atomic E-state index is 11.6. The van der Waals surface area contributed by atoms with Crippen molar-refractivity contribution in [3.8, 4) is 0 Å². The molecule has 1 unspecified atom stereocenters. The third-order valence-electron chi connectivity index (χ3n) is 1.58. The molecule has 0 radical (unpaired) electrons. The number of carboxylic acid groups (broad SMARTS) is 1. The number of hydrogen-bond donors (Lipinski definition) is 2. The Hall–Kier alpha value is -0.780. The Labute approximate surface area is 73.2 Å². The zero-order valence-corrected chi connectivity index (χ0v) is 7.06. The van der Waals surface area contributed by atoms with E-state index in [1.807, 2.05) is 0 Å². The van der Waals surface area contributed by atoms with Gasteiger partial charge in [-0.2, -0.15) is 13.2 Å². The largest absolute Gasteiger partial charge is 0.479 e. The van der Waals surface area contributed by atoms with Crippen molar-refractivity contribution in [3.63, 3.8) is 0 Å². The van der Waals surface area contributed by atoms with Gasteiger partial charge in [0.25, 0.3) is 0 Å². The molecular formula is C7H11F3O3. The predicted molar refractivity (Wildman–Crippen MR) is 38.2 cm³/mol. The van der Waals surface area contributed by atoms with Crippen LogP contribution in [0, 0.1) is 0 Å². The number of carbonyl (C=O) groups is 1. The number of halogens is 3. The van der Waals surface area contributed by atoms with Crippen molar-refractivity contribution in [1.82, 2.24) is 0 Å². The number of aliphatic carboxylic acids is 1. The lowest BCUT2D eigenvalue weighted by Crippen LogP contribution is -2.34. The summed E-state index contributed by atoms with van der Waals surface area (Å²) in [6.45, 7) is 0.978. The molecule has 78 valence electrons. The van der Waals surface area contributed by atoms with Crippen molar-refractivity contribution in [2.24, 2.45) is 0 Å². The van der Waals surface area contributed by atoms with Gasteiger partial charge >= 0.3 is 12.1 Å². The highest BCUT2D eigenvalue weighted by Crippen LogP contribution is 2.24. The minimum atomic E-state index is -4.30. The molecule has 0 amide bonds. The second-order valence-electron chi connectivity index (χ2n) is 3.05. The lowest BCUT2D eigenvalue weighted by Gasteiger charge is -2.17. The summed E-state index contributed by atoms with van der Waals surface area (Å²) in [4.78, 5) is 10.2. The van der Waals surface area contributed by atoms with Gasteiger partial charge < -0.3 is 10.2 Å². The molecule has 2 N–H and O–H groups in total. The van der Waals surface area contributed by atoms with Crippen LogP contribution in [0.4, 0.5) is 13.2 Å². The fourth-order valence-corrected chi connectivity index (χ4v) is 0.740. The van der Waals surface area contributed by atoms with Gasteiger partial charge in [0.2, 0.25) is 0 Å². The second-order valence-corrected chi connectivity index (χ2v) is 3.05. The quantitative estimate of drug-likeness (QED) is 0.723. The van der Waals surface area contributed by atoms with Crippen molar-refractivity contribution in [3.05, 3.63) is 0 Å². The molecule has 0 spiro atoms. The molecule has 0 aliphatic carbocycles. The van der Waals surface area contributed by atoms with Gasteiger partial charge in [0.15, 0.2) is 5.60 Å². The average Bonchev–Trinajstić information content (AvgIpc) is 1.82. The standard InChI is InChI=1S/C7H11F3O3/c1-6(13,5(11)12)3-2-4-7(8,9)10/h13H,2-4H2,1H3,(H,11,12). The first-order valence-electron chi connectivity index (χ1n) is 3.68. The Morgan fingerprint density at radius 2 is 1.77 bits per heavy atom. The summed E-state index contributed by atoms with van der Waals surface area (Å²) in [7, 11) is 0. The Morgan fingerprint density at radius 3 is 2.08 bits per heavy atom. The molecule has 0 aromatic rings. The molecule has 0 aromatic heterocycles. The molecule has 13 heavy (non-hydrogen) atoms. The summed E-state index contributed by atoms with van der Waals surface area (Å²) >= 11 is 0. The Bertz CT molecular complexity index is 186. The monoisotopic (exact) mass is 200 g/mol. The van der Waals surface area contributed by atoms with E-state index in [-0.39, 0.29) is 6.42 Å². The fourth-order valence-electron chi connectivity index (χ4n) is 0.740. The van der Waals surface area contributed by atoms with Gasteiger partial charge in [-0.1, -0.05) is 0 Å². The van der Waals surface area contributed by atoms with Crippen molar-refractivity contribution >= 4 is 5.97 Å². The number of rotatable bonds is 4. The molecule has 0 fully saturated rings. The van der Waals surface area contributed by atoms with E-state index in [2.05, 4.69) is 0 Å². The molecule has 0 saturated heterocycles. The highest BCUT2D eigenvalue weighted by atomic mass is 19.4. The smallest absolute Gasteiger partial charge is 0.389 e. The van der Waals surface area contributed by atoms with E-state index >= 15 is 0 Å². The van der Waals surface area contributed by atoms with E-state index in [0.717, 1.165) is 6.92 Å². The van der Waals surface area contributed by atoms with Crippen LogP contribution in [0.5, 0.6) is 0 Å². The Balaban J connectivity index is 3.84. The second kappa shape index (κ2) is 3.95. The van der Waals surface area contributed by atoms with Gasteiger partial charge in [-0.05, 0) is 19.8 Å².